The molecule has 0 unspecified atom stereocenters. The first-order chi connectivity index (χ1) is 12.9. The van der Waals surface area contributed by atoms with Crippen molar-refractivity contribution in [1.29, 1.82) is 0 Å². The Balaban J connectivity index is 1.77. The Kier molecular flexibility index (Phi) is 4.93. The molecule has 27 heavy (non-hydrogen) atoms. The summed E-state index contributed by atoms with van der Waals surface area (Å²) in [5.74, 6) is -0.144. The van der Waals surface area contributed by atoms with Crippen molar-refractivity contribution in [1.82, 2.24) is 19.5 Å². The highest BCUT2D eigenvalue weighted by molar-refractivity contribution is 14.1. The number of nitrogen functional groups attached to an aromatic ring is 1. The Hall–Kier alpha value is -1.95. The normalized spacial score (nSPS) is 16.0. The third-order valence-corrected chi connectivity index (χ3v) is 6.82. The van der Waals surface area contributed by atoms with E-state index in [9.17, 15) is 9.18 Å². The molecule has 1 aliphatic carbocycles. The van der Waals surface area contributed by atoms with Crippen LogP contribution in [0.3, 0.4) is 0 Å². The van der Waals surface area contributed by atoms with Crippen LogP contribution in [0.5, 0.6) is 0 Å². The van der Waals surface area contributed by atoms with Gasteiger partial charge >= 0.3 is 0 Å². The fraction of sp³-hybridized carbons (Fsp3) is 0.294. The van der Waals surface area contributed by atoms with E-state index in [1.165, 1.54) is 18.1 Å². The number of nitrogens with two attached hydrogens (primary N) is 2. The van der Waals surface area contributed by atoms with Gasteiger partial charge in [-0.1, -0.05) is 11.8 Å². The molecule has 2 heterocycles. The molecule has 1 aromatic carbocycles. The van der Waals surface area contributed by atoms with E-state index < -0.39 is 12.1 Å². The molecule has 2 aromatic heterocycles. The second kappa shape index (κ2) is 7.23. The Morgan fingerprint density at radius 3 is 3.00 bits per heavy atom. The number of carbonyl (C=O) groups is 1. The van der Waals surface area contributed by atoms with E-state index in [0.717, 1.165) is 26.0 Å². The number of carbonyl (C=O) groups excluding carboxylic acids is 1. The lowest BCUT2D eigenvalue weighted by molar-refractivity contribution is -0.118. The molecule has 0 saturated heterocycles. The highest BCUT2D eigenvalue weighted by atomic mass is 127. The summed E-state index contributed by atoms with van der Waals surface area (Å²) in [6.45, 7) is 0.331. The largest absolute Gasteiger partial charge is 0.382 e. The lowest BCUT2D eigenvalue weighted by Crippen LogP contribution is -2.14. The number of imidazole rings is 1. The van der Waals surface area contributed by atoms with Crippen LogP contribution in [-0.4, -0.2) is 25.4 Å². The van der Waals surface area contributed by atoms with E-state index in [1.54, 1.807) is 4.57 Å². The average Bonchev–Trinajstić information content (AvgIpc) is 3.15. The first kappa shape index (κ1) is 18.4. The maximum absolute atomic E-state index is 14.2. The summed E-state index contributed by atoms with van der Waals surface area (Å²) in [7, 11) is 0. The van der Waals surface area contributed by atoms with Crippen LogP contribution in [0.25, 0.3) is 11.2 Å². The van der Waals surface area contributed by atoms with Gasteiger partial charge in [-0.25, -0.2) is 19.3 Å². The number of halogens is 2. The zero-order valence-electron chi connectivity index (χ0n) is 14.2. The van der Waals surface area contributed by atoms with E-state index in [2.05, 4.69) is 37.5 Å². The molecule has 140 valence electrons. The molecule has 10 heteroatoms. The van der Waals surface area contributed by atoms with E-state index in [4.69, 9.17) is 11.5 Å². The van der Waals surface area contributed by atoms with Gasteiger partial charge in [0.2, 0.25) is 5.91 Å². The fourth-order valence-corrected chi connectivity index (χ4v) is 4.99. The molecule has 0 aliphatic heterocycles. The Labute approximate surface area is 172 Å². The number of aryl methyl sites for hydroxylation is 2. The van der Waals surface area contributed by atoms with Crippen LogP contribution in [0.15, 0.2) is 28.5 Å². The molecule has 4 rings (SSSR count). The molecular formula is C17H16FIN6OS. The SMILES string of the molecule is NC(=O)CCn1c(Sc2cc3c(cc2I)CC[C@H]3F)nc2c(N)ncnc21. The lowest BCUT2D eigenvalue weighted by Gasteiger charge is -2.10. The second-order valence-corrected chi connectivity index (χ2v) is 8.45. The predicted octanol–water partition coefficient (Wildman–Crippen LogP) is 3.00. The number of rotatable bonds is 5. The van der Waals surface area contributed by atoms with Gasteiger partial charge in [0.1, 0.15) is 12.5 Å². The minimum atomic E-state index is -0.925. The van der Waals surface area contributed by atoms with Gasteiger partial charge in [-0.2, -0.15) is 0 Å². The number of anilines is 1. The van der Waals surface area contributed by atoms with Gasteiger partial charge in [0.15, 0.2) is 22.1 Å². The zero-order valence-corrected chi connectivity index (χ0v) is 17.1. The second-order valence-electron chi connectivity index (χ2n) is 6.28. The molecule has 0 spiro atoms. The highest BCUT2D eigenvalue weighted by Gasteiger charge is 2.24. The number of hydrogen-bond acceptors (Lipinski definition) is 6. The van der Waals surface area contributed by atoms with Gasteiger partial charge in [-0.3, -0.25) is 4.79 Å². The minimum absolute atomic E-state index is 0.150. The van der Waals surface area contributed by atoms with Crippen molar-refractivity contribution in [3.05, 3.63) is 33.2 Å². The molecular weight excluding hydrogens is 482 g/mol. The van der Waals surface area contributed by atoms with Crippen molar-refractivity contribution in [2.75, 3.05) is 5.73 Å². The molecule has 0 bridgehead atoms. The number of amides is 1. The number of aromatic nitrogens is 4. The third-order valence-electron chi connectivity index (χ3n) is 4.51. The number of fused-ring (bicyclic) bond motifs is 2. The van der Waals surface area contributed by atoms with Gasteiger partial charge in [0, 0.05) is 21.4 Å². The molecule has 0 fully saturated rings. The van der Waals surface area contributed by atoms with Crippen LogP contribution >= 0.6 is 34.4 Å². The van der Waals surface area contributed by atoms with Crippen LogP contribution in [0.1, 0.15) is 30.1 Å². The van der Waals surface area contributed by atoms with Crippen LogP contribution in [0.2, 0.25) is 0 Å². The van der Waals surface area contributed by atoms with Gasteiger partial charge in [0.25, 0.3) is 0 Å². The van der Waals surface area contributed by atoms with Crippen molar-refractivity contribution in [3.63, 3.8) is 0 Å². The van der Waals surface area contributed by atoms with Crippen LogP contribution in [0.4, 0.5) is 10.2 Å². The van der Waals surface area contributed by atoms with Crippen molar-refractivity contribution < 1.29 is 9.18 Å². The van der Waals surface area contributed by atoms with Crippen LogP contribution in [-0.2, 0) is 17.8 Å². The topological polar surface area (TPSA) is 113 Å². The smallest absolute Gasteiger partial charge is 0.219 e. The monoisotopic (exact) mass is 498 g/mol. The van der Waals surface area contributed by atoms with Crippen molar-refractivity contribution in [3.8, 4) is 0 Å². The standard InChI is InChI=1S/C17H16FIN6OS/c18-10-2-1-8-5-11(19)12(6-9(8)10)27-17-24-14-15(21)22-7-23-16(14)25(17)4-3-13(20)26/h5-7,10H,1-4H2,(H2,20,26)(H2,21,22,23)/t10-/m1/s1. The number of nitrogens with zero attached hydrogens (tertiary/aromatic N) is 4. The minimum Gasteiger partial charge on any atom is -0.382 e. The van der Waals surface area contributed by atoms with Crippen LogP contribution < -0.4 is 11.5 Å². The highest BCUT2D eigenvalue weighted by Crippen LogP contribution is 2.41. The van der Waals surface area contributed by atoms with E-state index in [-0.39, 0.29) is 12.2 Å². The zero-order chi connectivity index (χ0) is 19.1. The van der Waals surface area contributed by atoms with Crippen molar-refractivity contribution in [2.24, 2.45) is 5.73 Å². The summed E-state index contributed by atoms with van der Waals surface area (Å²) in [5.41, 5.74) is 14.1. The third kappa shape index (κ3) is 3.47. The van der Waals surface area contributed by atoms with Crippen LogP contribution in [0, 0.1) is 3.57 Å². The van der Waals surface area contributed by atoms with E-state index in [1.807, 2.05) is 12.1 Å². The Bertz CT molecular complexity index is 1060. The maximum Gasteiger partial charge on any atom is 0.219 e. The molecule has 7 nitrogen and oxygen atoms in total. The van der Waals surface area contributed by atoms with Crippen molar-refractivity contribution in [2.45, 2.75) is 42.0 Å². The summed E-state index contributed by atoms with van der Waals surface area (Å²) in [5, 5.41) is 0.615. The molecule has 1 atom stereocenters. The first-order valence-electron chi connectivity index (χ1n) is 8.33. The Morgan fingerprint density at radius 2 is 2.22 bits per heavy atom. The summed E-state index contributed by atoms with van der Waals surface area (Å²) >= 11 is 3.65. The summed E-state index contributed by atoms with van der Waals surface area (Å²) < 4.78 is 17.0. The number of hydrogen-bond donors (Lipinski definition) is 2. The molecule has 1 amide bonds. The number of alkyl halides is 1. The maximum atomic E-state index is 14.2. The summed E-state index contributed by atoms with van der Waals surface area (Å²) in [4.78, 5) is 25.0. The average molecular weight is 498 g/mol. The molecule has 1 aliphatic rings. The number of primary amides is 1. The molecule has 0 saturated carbocycles. The predicted molar refractivity (Wildman–Crippen MR) is 109 cm³/mol. The summed E-state index contributed by atoms with van der Waals surface area (Å²) in [6.07, 6.45) is 1.88. The number of benzene rings is 1. The van der Waals surface area contributed by atoms with Gasteiger partial charge in [0.05, 0.1) is 0 Å². The first-order valence-corrected chi connectivity index (χ1v) is 10.2. The van der Waals surface area contributed by atoms with Gasteiger partial charge < -0.3 is 16.0 Å². The molecule has 4 N–H and O–H groups in total. The van der Waals surface area contributed by atoms with Gasteiger partial charge in [-0.05, 0) is 58.7 Å². The van der Waals surface area contributed by atoms with E-state index >= 15 is 0 Å². The fourth-order valence-electron chi connectivity index (χ4n) is 3.17. The van der Waals surface area contributed by atoms with Crippen molar-refractivity contribution >= 4 is 57.2 Å². The van der Waals surface area contributed by atoms with E-state index in [0.29, 0.717) is 29.3 Å². The molecule has 3 aromatic rings. The quantitative estimate of drug-likeness (QED) is 0.524. The molecule has 0 radical (unpaired) electrons. The van der Waals surface area contributed by atoms with Gasteiger partial charge in [-0.15, -0.1) is 0 Å². The summed E-state index contributed by atoms with van der Waals surface area (Å²) in [6, 6.07) is 3.93. The Morgan fingerprint density at radius 1 is 1.41 bits per heavy atom. The lowest BCUT2D eigenvalue weighted by atomic mass is 10.1.